The summed E-state index contributed by atoms with van der Waals surface area (Å²) in [6, 6.07) is 0.692. The molecule has 0 aromatic heterocycles. The van der Waals surface area contributed by atoms with Gasteiger partial charge in [0.2, 0.25) is 0 Å². The highest BCUT2D eigenvalue weighted by atomic mass is 15.2. The van der Waals surface area contributed by atoms with Crippen LogP contribution in [0.1, 0.15) is 57.8 Å². The highest BCUT2D eigenvalue weighted by Gasteiger charge is 2.21. The van der Waals surface area contributed by atoms with Crippen LogP contribution in [0.15, 0.2) is 0 Å². The van der Waals surface area contributed by atoms with Gasteiger partial charge in [-0.2, -0.15) is 0 Å². The van der Waals surface area contributed by atoms with E-state index >= 15 is 0 Å². The van der Waals surface area contributed by atoms with Gasteiger partial charge in [-0.1, -0.05) is 32.1 Å². The third kappa shape index (κ3) is 3.46. The maximum atomic E-state index is 5.85. The van der Waals surface area contributed by atoms with Crippen molar-refractivity contribution in [2.24, 2.45) is 11.7 Å². The van der Waals surface area contributed by atoms with Crippen molar-refractivity contribution in [2.45, 2.75) is 63.8 Å². The maximum Gasteiger partial charge on any atom is 0.0218 e. The van der Waals surface area contributed by atoms with Crippen LogP contribution in [-0.4, -0.2) is 30.6 Å². The summed E-state index contributed by atoms with van der Waals surface area (Å²) in [6.07, 6.45) is 13.0. The molecule has 1 unspecified atom stereocenters. The van der Waals surface area contributed by atoms with Gasteiger partial charge in [0.05, 0.1) is 0 Å². The minimum Gasteiger partial charge on any atom is -0.329 e. The van der Waals surface area contributed by atoms with Gasteiger partial charge < -0.3 is 5.73 Å². The lowest BCUT2D eigenvalue weighted by atomic mass is 9.99. The molecule has 2 aliphatic rings. The van der Waals surface area contributed by atoms with E-state index in [0.717, 1.165) is 12.5 Å². The first-order chi connectivity index (χ1) is 7.90. The van der Waals surface area contributed by atoms with Gasteiger partial charge in [-0.3, -0.25) is 4.90 Å². The van der Waals surface area contributed by atoms with Crippen molar-refractivity contribution < 1.29 is 0 Å². The Labute approximate surface area is 101 Å². The number of nitrogens with zero attached hydrogens (tertiary/aromatic N) is 1. The Morgan fingerprint density at radius 3 is 2.50 bits per heavy atom. The molecule has 2 N–H and O–H groups in total. The fourth-order valence-corrected chi connectivity index (χ4v) is 3.50. The van der Waals surface area contributed by atoms with Crippen LogP contribution < -0.4 is 5.73 Å². The van der Waals surface area contributed by atoms with Gasteiger partial charge >= 0.3 is 0 Å². The summed E-state index contributed by atoms with van der Waals surface area (Å²) in [6.45, 7) is 3.47. The van der Waals surface area contributed by atoms with E-state index < -0.39 is 0 Å². The summed E-state index contributed by atoms with van der Waals surface area (Å²) in [5, 5.41) is 0. The molecule has 0 aromatic rings. The molecule has 16 heavy (non-hydrogen) atoms. The fourth-order valence-electron chi connectivity index (χ4n) is 3.50. The Morgan fingerprint density at radius 2 is 1.75 bits per heavy atom. The monoisotopic (exact) mass is 224 g/mol. The molecular weight excluding hydrogens is 196 g/mol. The standard InChI is InChI=1S/C14H28N2/c15-12-14-9-3-4-10-16(14)11-5-8-13-6-1-2-7-13/h13-14H,1-12,15H2. The van der Waals surface area contributed by atoms with E-state index in [-0.39, 0.29) is 0 Å². The quantitative estimate of drug-likeness (QED) is 0.778. The van der Waals surface area contributed by atoms with Gasteiger partial charge in [-0.05, 0) is 44.7 Å². The van der Waals surface area contributed by atoms with Gasteiger partial charge in [-0.15, -0.1) is 0 Å². The zero-order valence-electron chi connectivity index (χ0n) is 10.7. The van der Waals surface area contributed by atoms with Crippen molar-refractivity contribution in [3.05, 3.63) is 0 Å². The maximum absolute atomic E-state index is 5.85. The topological polar surface area (TPSA) is 29.3 Å². The van der Waals surface area contributed by atoms with Crippen molar-refractivity contribution in [2.75, 3.05) is 19.6 Å². The molecule has 1 atom stereocenters. The molecule has 1 aliphatic carbocycles. The SMILES string of the molecule is NCC1CCCCN1CCCC1CCCC1. The Balaban J connectivity index is 1.63. The van der Waals surface area contributed by atoms with Crippen LogP contribution in [0.3, 0.4) is 0 Å². The number of nitrogens with two attached hydrogens (primary N) is 1. The van der Waals surface area contributed by atoms with Gasteiger partial charge in [0.25, 0.3) is 0 Å². The van der Waals surface area contributed by atoms with E-state index in [0.29, 0.717) is 6.04 Å². The molecule has 0 bridgehead atoms. The van der Waals surface area contributed by atoms with E-state index in [1.54, 1.807) is 0 Å². The number of hydrogen-bond donors (Lipinski definition) is 1. The molecule has 0 aromatic carbocycles. The second-order valence-electron chi connectivity index (χ2n) is 5.71. The average molecular weight is 224 g/mol. The molecule has 1 saturated heterocycles. The third-order valence-corrected chi connectivity index (χ3v) is 4.55. The van der Waals surface area contributed by atoms with Crippen molar-refractivity contribution in [1.29, 1.82) is 0 Å². The predicted molar refractivity (Wildman–Crippen MR) is 69.5 cm³/mol. The van der Waals surface area contributed by atoms with Gasteiger partial charge in [-0.25, -0.2) is 0 Å². The van der Waals surface area contributed by atoms with Crippen LogP contribution >= 0.6 is 0 Å². The second kappa shape index (κ2) is 6.61. The number of piperidine rings is 1. The summed E-state index contributed by atoms with van der Waals surface area (Å²) >= 11 is 0. The molecule has 1 heterocycles. The Kier molecular flexibility index (Phi) is 5.11. The molecule has 2 nitrogen and oxygen atoms in total. The first-order valence-electron chi connectivity index (χ1n) is 7.34. The normalized spacial score (nSPS) is 28.7. The first-order valence-corrected chi connectivity index (χ1v) is 7.34. The Bertz CT molecular complexity index is 187. The zero-order chi connectivity index (χ0) is 11.2. The van der Waals surface area contributed by atoms with E-state index in [2.05, 4.69) is 4.90 Å². The van der Waals surface area contributed by atoms with Crippen LogP contribution in [0.25, 0.3) is 0 Å². The molecule has 2 fully saturated rings. The largest absolute Gasteiger partial charge is 0.329 e. The number of likely N-dealkylation sites (tertiary alicyclic amines) is 1. The van der Waals surface area contributed by atoms with Crippen LogP contribution in [0.5, 0.6) is 0 Å². The lowest BCUT2D eigenvalue weighted by Crippen LogP contribution is -2.44. The fraction of sp³-hybridized carbons (Fsp3) is 1.00. The lowest BCUT2D eigenvalue weighted by Gasteiger charge is -2.35. The minimum atomic E-state index is 0.692. The first kappa shape index (κ1) is 12.4. The van der Waals surface area contributed by atoms with Crippen LogP contribution in [-0.2, 0) is 0 Å². The number of rotatable bonds is 5. The molecular formula is C14H28N2. The second-order valence-corrected chi connectivity index (χ2v) is 5.71. The van der Waals surface area contributed by atoms with Crippen LogP contribution in [0.2, 0.25) is 0 Å². The van der Waals surface area contributed by atoms with E-state index in [1.807, 2.05) is 0 Å². The third-order valence-electron chi connectivity index (χ3n) is 4.55. The highest BCUT2D eigenvalue weighted by molar-refractivity contribution is 4.78. The minimum absolute atomic E-state index is 0.692. The summed E-state index contributed by atoms with van der Waals surface area (Å²) in [5.41, 5.74) is 5.85. The molecule has 0 radical (unpaired) electrons. The van der Waals surface area contributed by atoms with Crippen LogP contribution in [0.4, 0.5) is 0 Å². The summed E-state index contributed by atoms with van der Waals surface area (Å²) in [5.74, 6) is 1.06. The zero-order valence-corrected chi connectivity index (χ0v) is 10.7. The smallest absolute Gasteiger partial charge is 0.0218 e. The van der Waals surface area contributed by atoms with Gasteiger partial charge in [0.1, 0.15) is 0 Å². The molecule has 94 valence electrons. The van der Waals surface area contributed by atoms with Crippen molar-refractivity contribution in [1.82, 2.24) is 4.90 Å². The Morgan fingerprint density at radius 1 is 1.00 bits per heavy atom. The highest BCUT2D eigenvalue weighted by Crippen LogP contribution is 2.28. The molecule has 2 heteroatoms. The van der Waals surface area contributed by atoms with Crippen molar-refractivity contribution >= 4 is 0 Å². The van der Waals surface area contributed by atoms with Gasteiger partial charge in [0.15, 0.2) is 0 Å². The average Bonchev–Trinajstić information content (AvgIpc) is 2.83. The molecule has 0 spiro atoms. The van der Waals surface area contributed by atoms with E-state index in [4.69, 9.17) is 5.73 Å². The molecule has 1 saturated carbocycles. The number of hydrogen-bond acceptors (Lipinski definition) is 2. The summed E-state index contributed by atoms with van der Waals surface area (Å²) in [7, 11) is 0. The van der Waals surface area contributed by atoms with Crippen molar-refractivity contribution in [3.8, 4) is 0 Å². The molecule has 2 rings (SSSR count). The summed E-state index contributed by atoms with van der Waals surface area (Å²) < 4.78 is 0. The van der Waals surface area contributed by atoms with E-state index in [9.17, 15) is 0 Å². The van der Waals surface area contributed by atoms with E-state index in [1.165, 1.54) is 70.9 Å². The van der Waals surface area contributed by atoms with Gasteiger partial charge in [0, 0.05) is 12.6 Å². The lowest BCUT2D eigenvalue weighted by molar-refractivity contribution is 0.148. The molecule has 1 aliphatic heterocycles. The van der Waals surface area contributed by atoms with Crippen LogP contribution in [0, 0.1) is 5.92 Å². The predicted octanol–water partition coefficient (Wildman–Crippen LogP) is 2.77. The molecule has 0 amide bonds. The Hall–Kier alpha value is -0.0800. The summed E-state index contributed by atoms with van der Waals surface area (Å²) in [4.78, 5) is 2.65. The van der Waals surface area contributed by atoms with Crippen molar-refractivity contribution in [3.63, 3.8) is 0 Å².